The molecule has 5 aromatic rings. The van der Waals surface area contributed by atoms with Crippen LogP contribution in [0.5, 0.6) is 17.2 Å². The molecule has 222 valence electrons. The fraction of sp³-hybridized carbons (Fsp3) is 0.207. The number of alkyl halides is 5. The number of hydrogen-bond donors (Lipinski definition) is 2. The summed E-state index contributed by atoms with van der Waals surface area (Å²) >= 11 is 0. The van der Waals surface area contributed by atoms with Crippen LogP contribution in [0.25, 0.3) is 22.4 Å². The molecule has 0 radical (unpaired) electrons. The molecule has 14 heteroatoms. The van der Waals surface area contributed by atoms with Gasteiger partial charge < -0.3 is 18.8 Å². The molecule has 0 bridgehead atoms. The highest BCUT2D eigenvalue weighted by Gasteiger charge is 2.45. The number of aromatic amines is 2. The van der Waals surface area contributed by atoms with Crippen molar-refractivity contribution in [2.24, 2.45) is 0 Å². The summed E-state index contributed by atoms with van der Waals surface area (Å²) in [7, 11) is 0. The predicted molar refractivity (Wildman–Crippen MR) is 142 cm³/mol. The molecule has 1 aliphatic rings. The normalized spacial score (nSPS) is 15.3. The van der Waals surface area contributed by atoms with E-state index in [4.69, 9.17) is 9.15 Å². The van der Waals surface area contributed by atoms with Crippen molar-refractivity contribution in [3.8, 4) is 28.5 Å². The maximum atomic E-state index is 14.3. The molecule has 3 heterocycles. The number of oxazole rings is 1. The van der Waals surface area contributed by atoms with Gasteiger partial charge in [-0.1, -0.05) is 18.2 Å². The number of amides is 1. The number of ether oxygens (including phenoxy) is 2. The van der Waals surface area contributed by atoms with E-state index >= 15 is 0 Å². The van der Waals surface area contributed by atoms with Crippen LogP contribution in [0.2, 0.25) is 0 Å². The Kier molecular flexibility index (Phi) is 6.51. The first-order valence-electron chi connectivity index (χ1n) is 12.8. The maximum Gasteiger partial charge on any atom is 0.573 e. The summed E-state index contributed by atoms with van der Waals surface area (Å²) in [5.74, 6) is -4.41. The molecule has 3 aromatic carbocycles. The van der Waals surface area contributed by atoms with Crippen LogP contribution >= 0.6 is 0 Å². The van der Waals surface area contributed by atoms with Gasteiger partial charge in [0.2, 0.25) is 0 Å². The summed E-state index contributed by atoms with van der Waals surface area (Å²) in [5, 5.41) is 6.96. The molecule has 0 saturated carbocycles. The smallest absolute Gasteiger partial charge is 0.457 e. The molecule has 6 rings (SSSR count). The van der Waals surface area contributed by atoms with Gasteiger partial charge in [0.15, 0.2) is 5.58 Å². The number of carbonyl (C=O) groups excluding carboxylic acids is 1. The van der Waals surface area contributed by atoms with Crippen molar-refractivity contribution in [3.63, 3.8) is 0 Å². The highest BCUT2D eigenvalue weighted by Crippen LogP contribution is 2.45. The van der Waals surface area contributed by atoms with Crippen molar-refractivity contribution < 1.29 is 40.6 Å². The van der Waals surface area contributed by atoms with Crippen molar-refractivity contribution in [2.75, 3.05) is 6.54 Å². The molecule has 1 unspecified atom stereocenters. The SMILES string of the molecule is Cc1cc(OC(F)(F)F)ccc1Oc1ccc(C2c3c(-c4cccc5[nH]c(=O)oc45)n[nH]c3C(=O)N2CC(C)(F)F)cc1. The van der Waals surface area contributed by atoms with E-state index in [1.165, 1.54) is 12.1 Å². The van der Waals surface area contributed by atoms with Crippen LogP contribution in [-0.2, 0) is 0 Å². The first-order valence-corrected chi connectivity index (χ1v) is 12.8. The highest BCUT2D eigenvalue weighted by molar-refractivity contribution is 6.02. The van der Waals surface area contributed by atoms with Crippen molar-refractivity contribution in [2.45, 2.75) is 32.2 Å². The molecule has 1 atom stereocenters. The minimum atomic E-state index is -4.83. The lowest BCUT2D eigenvalue weighted by atomic mass is 9.95. The molecule has 43 heavy (non-hydrogen) atoms. The van der Waals surface area contributed by atoms with E-state index in [1.807, 2.05) is 0 Å². The number of carbonyl (C=O) groups is 1. The first-order chi connectivity index (χ1) is 20.3. The van der Waals surface area contributed by atoms with E-state index in [0.29, 0.717) is 40.4 Å². The summed E-state index contributed by atoms with van der Waals surface area (Å²) in [4.78, 5) is 28.9. The van der Waals surface area contributed by atoms with Crippen LogP contribution in [0.1, 0.15) is 40.1 Å². The van der Waals surface area contributed by atoms with Gasteiger partial charge in [0, 0.05) is 18.1 Å². The minimum Gasteiger partial charge on any atom is -0.457 e. The third-order valence-electron chi connectivity index (χ3n) is 6.82. The fourth-order valence-electron chi connectivity index (χ4n) is 5.15. The quantitative estimate of drug-likeness (QED) is 0.201. The lowest BCUT2D eigenvalue weighted by Gasteiger charge is -2.28. The van der Waals surface area contributed by atoms with Gasteiger partial charge in [0.05, 0.1) is 18.1 Å². The first kappa shape index (κ1) is 28.0. The van der Waals surface area contributed by atoms with Gasteiger partial charge in [0.1, 0.15) is 28.6 Å². The number of aromatic nitrogens is 3. The second-order valence-corrected chi connectivity index (χ2v) is 10.1. The lowest BCUT2D eigenvalue weighted by molar-refractivity contribution is -0.274. The number of fused-ring (bicyclic) bond motifs is 2. The Morgan fingerprint density at radius 3 is 2.40 bits per heavy atom. The number of para-hydroxylation sites is 1. The lowest BCUT2D eigenvalue weighted by Crippen LogP contribution is -2.38. The van der Waals surface area contributed by atoms with Gasteiger partial charge in [-0.25, -0.2) is 13.6 Å². The van der Waals surface area contributed by atoms with Gasteiger partial charge in [-0.05, 0) is 60.5 Å². The summed E-state index contributed by atoms with van der Waals surface area (Å²) in [6.45, 7) is 1.38. The van der Waals surface area contributed by atoms with Gasteiger partial charge in [-0.3, -0.25) is 14.9 Å². The summed E-state index contributed by atoms with van der Waals surface area (Å²) in [5.41, 5.74) is 2.41. The molecule has 0 spiro atoms. The van der Waals surface area contributed by atoms with Crippen LogP contribution in [0.15, 0.2) is 69.9 Å². The topological polar surface area (TPSA) is 113 Å². The van der Waals surface area contributed by atoms with Gasteiger partial charge in [-0.2, -0.15) is 5.10 Å². The number of aryl methyl sites for hydroxylation is 1. The van der Waals surface area contributed by atoms with Crippen molar-refractivity contribution >= 4 is 17.0 Å². The van der Waals surface area contributed by atoms with Gasteiger partial charge >= 0.3 is 12.1 Å². The molecule has 0 saturated heterocycles. The van der Waals surface area contributed by atoms with Crippen LogP contribution in [-0.4, -0.2) is 44.8 Å². The molecule has 2 aromatic heterocycles. The summed E-state index contributed by atoms with van der Waals surface area (Å²) in [6, 6.07) is 13.8. The van der Waals surface area contributed by atoms with E-state index in [2.05, 4.69) is 19.9 Å². The van der Waals surface area contributed by atoms with Crippen LogP contribution in [0.4, 0.5) is 22.0 Å². The molecule has 0 aliphatic carbocycles. The monoisotopic (exact) mass is 600 g/mol. The van der Waals surface area contributed by atoms with E-state index in [0.717, 1.165) is 11.0 Å². The average Bonchev–Trinajstić information content (AvgIpc) is 3.58. The molecular weight excluding hydrogens is 579 g/mol. The average molecular weight is 601 g/mol. The third kappa shape index (κ3) is 5.43. The number of hydrogen-bond acceptors (Lipinski definition) is 6. The summed E-state index contributed by atoms with van der Waals surface area (Å²) < 4.78 is 81.3. The minimum absolute atomic E-state index is 0.0243. The van der Waals surface area contributed by atoms with E-state index < -0.39 is 42.3 Å². The summed E-state index contributed by atoms with van der Waals surface area (Å²) in [6.07, 6.45) is -4.83. The molecule has 1 amide bonds. The zero-order valence-electron chi connectivity index (χ0n) is 22.4. The number of halogens is 5. The van der Waals surface area contributed by atoms with E-state index in [9.17, 15) is 31.5 Å². The molecule has 1 aliphatic heterocycles. The Balaban J connectivity index is 1.37. The Labute approximate surface area is 238 Å². The van der Waals surface area contributed by atoms with Gasteiger partial charge in [0.25, 0.3) is 11.8 Å². The standard InChI is InChI=1S/C29H21F5N4O5/c1-14-12-17(43-29(32,33)34)10-11-20(14)41-16-8-6-15(7-9-16)24-21-22(18-4-3-5-19-25(18)42-27(40)35-19)36-37-23(21)26(39)38(24)13-28(2,30)31/h3-12,24H,13H2,1-2H3,(H,35,40)(H,36,37). The van der Waals surface area contributed by atoms with E-state index in [-0.39, 0.29) is 22.7 Å². The zero-order chi connectivity index (χ0) is 30.7. The Morgan fingerprint density at radius 1 is 1.00 bits per heavy atom. The number of benzene rings is 3. The van der Waals surface area contributed by atoms with Crippen LogP contribution in [0, 0.1) is 6.92 Å². The van der Waals surface area contributed by atoms with Crippen molar-refractivity contribution in [1.82, 2.24) is 20.1 Å². The number of nitrogens with one attached hydrogen (secondary N) is 2. The zero-order valence-corrected chi connectivity index (χ0v) is 22.4. The van der Waals surface area contributed by atoms with Gasteiger partial charge in [-0.15, -0.1) is 13.2 Å². The number of rotatable bonds is 7. The van der Waals surface area contributed by atoms with Crippen LogP contribution in [0.3, 0.4) is 0 Å². The third-order valence-corrected chi connectivity index (χ3v) is 6.82. The van der Waals surface area contributed by atoms with Crippen molar-refractivity contribution in [1.29, 1.82) is 0 Å². The van der Waals surface area contributed by atoms with Crippen molar-refractivity contribution in [3.05, 3.63) is 93.6 Å². The maximum absolute atomic E-state index is 14.3. The molecular formula is C29H21F5N4O5. The Morgan fingerprint density at radius 2 is 1.72 bits per heavy atom. The van der Waals surface area contributed by atoms with E-state index in [1.54, 1.807) is 49.4 Å². The second-order valence-electron chi connectivity index (χ2n) is 10.1. The fourth-order valence-corrected chi connectivity index (χ4v) is 5.15. The Hall–Kier alpha value is -5.14. The molecule has 2 N–H and O–H groups in total. The van der Waals surface area contributed by atoms with Crippen LogP contribution < -0.4 is 15.2 Å². The molecule has 0 fully saturated rings. The predicted octanol–water partition coefficient (Wildman–Crippen LogP) is 6.71. The largest absolute Gasteiger partial charge is 0.573 e. The molecule has 9 nitrogen and oxygen atoms in total. The Bertz CT molecular complexity index is 1900. The number of H-pyrrole nitrogens is 2. The number of nitrogens with zero attached hydrogens (tertiary/aromatic N) is 2. The highest BCUT2D eigenvalue weighted by atomic mass is 19.4. The second kappa shape index (κ2) is 10.00.